The predicted molar refractivity (Wildman–Crippen MR) is 68.4 cm³/mol. The first-order chi connectivity index (χ1) is 8.74. The van der Waals surface area contributed by atoms with Crippen LogP contribution in [0.15, 0.2) is 18.3 Å². The van der Waals surface area contributed by atoms with Crippen LogP contribution in [0.1, 0.15) is 12.8 Å². The van der Waals surface area contributed by atoms with Crippen LogP contribution in [0.3, 0.4) is 0 Å². The summed E-state index contributed by atoms with van der Waals surface area (Å²) in [6.07, 6.45) is 4.06. The number of nitrogens with zero attached hydrogens (tertiary/aromatic N) is 4. The monoisotopic (exact) mass is 264 g/mol. The van der Waals surface area contributed by atoms with E-state index in [-0.39, 0.29) is 5.91 Å². The van der Waals surface area contributed by atoms with Crippen molar-refractivity contribution in [3.8, 4) is 0 Å². The van der Waals surface area contributed by atoms with Gasteiger partial charge in [0.05, 0.1) is 0 Å². The van der Waals surface area contributed by atoms with E-state index < -0.39 is 0 Å². The van der Waals surface area contributed by atoms with Gasteiger partial charge in [0.1, 0.15) is 6.54 Å². The summed E-state index contributed by atoms with van der Waals surface area (Å²) in [5.41, 5.74) is 0.701. The molecule has 0 N–H and O–H groups in total. The Balaban J connectivity index is 1.84. The van der Waals surface area contributed by atoms with Crippen molar-refractivity contribution in [3.63, 3.8) is 0 Å². The van der Waals surface area contributed by atoms with Crippen molar-refractivity contribution in [2.24, 2.45) is 0 Å². The second-order valence-electron chi connectivity index (χ2n) is 4.48. The summed E-state index contributed by atoms with van der Waals surface area (Å²) in [5.74, 6) is 0.141. The Hall–Kier alpha value is -1.62. The van der Waals surface area contributed by atoms with Crippen molar-refractivity contribution < 1.29 is 4.79 Å². The van der Waals surface area contributed by atoms with Gasteiger partial charge in [-0.25, -0.2) is 0 Å². The Kier molecular flexibility index (Phi) is 2.91. The lowest BCUT2D eigenvalue weighted by Crippen LogP contribution is -2.30. The second-order valence-corrected chi connectivity index (χ2v) is 4.86. The van der Waals surface area contributed by atoms with E-state index in [1.807, 2.05) is 21.7 Å². The average molecular weight is 265 g/mol. The number of carbonyl (C=O) groups excluding carboxylic acids is 1. The molecular weight excluding hydrogens is 252 g/mol. The number of halogens is 1. The fraction of sp³-hybridized carbons (Fsp3) is 0.417. The van der Waals surface area contributed by atoms with Crippen LogP contribution in [-0.4, -0.2) is 38.7 Å². The third-order valence-electron chi connectivity index (χ3n) is 3.24. The minimum Gasteiger partial charge on any atom is -0.341 e. The van der Waals surface area contributed by atoms with E-state index in [0.717, 1.165) is 31.3 Å². The van der Waals surface area contributed by atoms with E-state index in [1.54, 1.807) is 6.07 Å². The predicted octanol–water partition coefficient (Wildman–Crippen LogP) is 1.71. The zero-order valence-corrected chi connectivity index (χ0v) is 10.6. The molecule has 3 rings (SSSR count). The molecule has 0 radical (unpaired) electrons. The maximum absolute atomic E-state index is 12.1. The topological polar surface area (TPSA) is 51.0 Å². The van der Waals surface area contributed by atoms with E-state index in [0.29, 0.717) is 17.3 Å². The first-order valence-electron chi connectivity index (χ1n) is 6.00. The summed E-state index contributed by atoms with van der Waals surface area (Å²) >= 11 is 5.78. The van der Waals surface area contributed by atoms with Gasteiger partial charge in [-0.3, -0.25) is 4.79 Å². The van der Waals surface area contributed by atoms with Crippen LogP contribution < -0.4 is 0 Å². The number of carbonyl (C=O) groups is 1. The smallest absolute Gasteiger partial charge is 0.242 e. The Morgan fingerprint density at radius 1 is 1.33 bits per heavy atom. The number of hydrogen-bond acceptors (Lipinski definition) is 3. The summed E-state index contributed by atoms with van der Waals surface area (Å²) in [7, 11) is 0. The standard InChI is InChI=1S/C12H13ClN4O/c13-10-7-9-3-6-17(12(9)15-14-10)8-11(18)16-4-1-2-5-16/h3,6-7H,1-2,4-5,8H2. The van der Waals surface area contributed by atoms with E-state index in [1.165, 1.54) is 0 Å². The fourth-order valence-electron chi connectivity index (χ4n) is 2.30. The van der Waals surface area contributed by atoms with Crippen LogP contribution in [0.25, 0.3) is 11.0 Å². The summed E-state index contributed by atoms with van der Waals surface area (Å²) in [6, 6.07) is 3.65. The number of amides is 1. The molecular formula is C12H13ClN4O. The van der Waals surface area contributed by atoms with Gasteiger partial charge in [0.2, 0.25) is 5.91 Å². The zero-order valence-electron chi connectivity index (χ0n) is 9.84. The Morgan fingerprint density at radius 3 is 2.89 bits per heavy atom. The Labute approximate surface area is 109 Å². The van der Waals surface area contributed by atoms with E-state index >= 15 is 0 Å². The van der Waals surface area contributed by atoms with Crippen LogP contribution in [0, 0.1) is 0 Å². The third-order valence-corrected chi connectivity index (χ3v) is 3.43. The average Bonchev–Trinajstić information content (AvgIpc) is 2.98. The van der Waals surface area contributed by atoms with Gasteiger partial charge >= 0.3 is 0 Å². The second kappa shape index (κ2) is 4.57. The molecule has 0 unspecified atom stereocenters. The molecule has 1 saturated heterocycles. The van der Waals surface area contributed by atoms with Gasteiger partial charge in [-0.05, 0) is 25.0 Å². The van der Waals surface area contributed by atoms with Crippen molar-refractivity contribution >= 4 is 28.5 Å². The van der Waals surface area contributed by atoms with Crippen molar-refractivity contribution in [1.82, 2.24) is 19.7 Å². The maximum Gasteiger partial charge on any atom is 0.242 e. The van der Waals surface area contributed by atoms with Crippen LogP contribution in [0.5, 0.6) is 0 Å². The first-order valence-corrected chi connectivity index (χ1v) is 6.38. The van der Waals surface area contributed by atoms with Gasteiger partial charge in [-0.15, -0.1) is 10.2 Å². The van der Waals surface area contributed by atoms with Gasteiger partial charge in [-0.2, -0.15) is 0 Å². The molecule has 0 spiro atoms. The Bertz CT molecular complexity index is 589. The highest BCUT2D eigenvalue weighted by Crippen LogP contribution is 2.16. The van der Waals surface area contributed by atoms with E-state index in [2.05, 4.69) is 10.2 Å². The maximum atomic E-state index is 12.1. The van der Waals surface area contributed by atoms with Crippen molar-refractivity contribution in [2.75, 3.05) is 13.1 Å². The lowest BCUT2D eigenvalue weighted by atomic mass is 10.4. The molecule has 0 saturated carbocycles. The number of rotatable bonds is 2. The lowest BCUT2D eigenvalue weighted by Gasteiger charge is -2.15. The fourth-order valence-corrected chi connectivity index (χ4v) is 2.46. The summed E-state index contributed by atoms with van der Waals surface area (Å²) < 4.78 is 1.82. The summed E-state index contributed by atoms with van der Waals surface area (Å²) in [6.45, 7) is 2.06. The molecule has 2 aromatic rings. The van der Waals surface area contributed by atoms with Gasteiger partial charge in [0.25, 0.3) is 0 Å². The summed E-state index contributed by atoms with van der Waals surface area (Å²) in [5, 5.41) is 9.12. The van der Waals surface area contributed by atoms with Crippen molar-refractivity contribution in [2.45, 2.75) is 19.4 Å². The molecule has 94 valence electrons. The molecule has 1 aliphatic heterocycles. The van der Waals surface area contributed by atoms with Crippen molar-refractivity contribution in [3.05, 3.63) is 23.5 Å². The molecule has 18 heavy (non-hydrogen) atoms. The van der Waals surface area contributed by atoms with Crippen LogP contribution in [-0.2, 0) is 11.3 Å². The minimum atomic E-state index is 0.141. The normalized spacial score (nSPS) is 15.5. The van der Waals surface area contributed by atoms with Crippen LogP contribution >= 0.6 is 11.6 Å². The van der Waals surface area contributed by atoms with Gasteiger partial charge in [-0.1, -0.05) is 11.6 Å². The SMILES string of the molecule is O=C(Cn1ccc2cc(Cl)nnc21)N1CCCC1. The zero-order chi connectivity index (χ0) is 12.5. The quantitative estimate of drug-likeness (QED) is 0.830. The molecule has 3 heterocycles. The molecule has 1 aliphatic rings. The first kappa shape index (κ1) is 11.5. The lowest BCUT2D eigenvalue weighted by molar-refractivity contribution is -0.130. The third kappa shape index (κ3) is 2.06. The molecule has 1 amide bonds. The highest BCUT2D eigenvalue weighted by atomic mass is 35.5. The molecule has 6 heteroatoms. The number of likely N-dealkylation sites (tertiary alicyclic amines) is 1. The minimum absolute atomic E-state index is 0.141. The highest BCUT2D eigenvalue weighted by Gasteiger charge is 2.18. The van der Waals surface area contributed by atoms with Gasteiger partial charge < -0.3 is 9.47 Å². The molecule has 0 bridgehead atoms. The molecule has 5 nitrogen and oxygen atoms in total. The number of fused-ring (bicyclic) bond motifs is 1. The molecule has 2 aromatic heterocycles. The van der Waals surface area contributed by atoms with E-state index in [9.17, 15) is 4.79 Å². The number of aromatic nitrogens is 3. The highest BCUT2D eigenvalue weighted by molar-refractivity contribution is 6.29. The molecule has 1 fully saturated rings. The molecule has 0 atom stereocenters. The van der Waals surface area contributed by atoms with Crippen molar-refractivity contribution in [1.29, 1.82) is 0 Å². The van der Waals surface area contributed by atoms with Crippen LogP contribution in [0.4, 0.5) is 0 Å². The van der Waals surface area contributed by atoms with E-state index in [4.69, 9.17) is 11.6 Å². The largest absolute Gasteiger partial charge is 0.341 e. The van der Waals surface area contributed by atoms with Crippen LogP contribution in [0.2, 0.25) is 5.15 Å². The van der Waals surface area contributed by atoms with Gasteiger partial charge in [0.15, 0.2) is 10.8 Å². The summed E-state index contributed by atoms with van der Waals surface area (Å²) in [4.78, 5) is 14.0. The molecule has 0 aliphatic carbocycles. The van der Waals surface area contributed by atoms with Gasteiger partial charge in [0, 0.05) is 24.7 Å². The molecule has 0 aromatic carbocycles. The number of hydrogen-bond donors (Lipinski definition) is 0. The Morgan fingerprint density at radius 2 is 2.11 bits per heavy atom.